The molecular formula is C22H28N2O. The molecule has 1 aliphatic rings. The molecule has 0 atom stereocenters. The first kappa shape index (κ1) is 17.7. The summed E-state index contributed by atoms with van der Waals surface area (Å²) in [5, 5.41) is 3.22. The first-order valence-electron chi connectivity index (χ1n) is 9.15. The summed E-state index contributed by atoms with van der Waals surface area (Å²) in [6.45, 7) is 8.83. The van der Waals surface area contributed by atoms with Crippen LogP contribution in [-0.4, -0.2) is 35.5 Å². The van der Waals surface area contributed by atoms with Crippen LogP contribution < -0.4 is 5.32 Å². The van der Waals surface area contributed by atoms with E-state index in [9.17, 15) is 4.79 Å². The van der Waals surface area contributed by atoms with Gasteiger partial charge in [0.1, 0.15) is 0 Å². The van der Waals surface area contributed by atoms with Crippen LogP contribution in [-0.2, 0) is 0 Å². The zero-order valence-electron chi connectivity index (χ0n) is 15.5. The number of benzene rings is 2. The first-order valence-corrected chi connectivity index (χ1v) is 9.15. The molecule has 1 heterocycles. The Hall–Kier alpha value is -2.13. The van der Waals surface area contributed by atoms with Gasteiger partial charge in [0, 0.05) is 30.2 Å². The van der Waals surface area contributed by atoms with Crippen molar-refractivity contribution in [3.63, 3.8) is 0 Å². The molecule has 25 heavy (non-hydrogen) atoms. The molecule has 1 amide bonds. The van der Waals surface area contributed by atoms with Crippen LogP contribution in [0.3, 0.4) is 0 Å². The van der Waals surface area contributed by atoms with E-state index >= 15 is 0 Å². The number of hydrogen-bond donors (Lipinski definition) is 1. The van der Waals surface area contributed by atoms with Gasteiger partial charge in [-0.3, -0.25) is 9.69 Å². The van der Waals surface area contributed by atoms with Gasteiger partial charge in [-0.2, -0.15) is 0 Å². The van der Waals surface area contributed by atoms with Gasteiger partial charge in [0.25, 0.3) is 5.91 Å². The standard InChI is InChI=1S/C22H28N2O/c1-22(2,3)24-14-12-20(13-15-24)23-21(25)19-11-7-10-18(16-19)17-8-5-4-6-9-17/h4-11,16,20H,12-15H2,1-3H3,(H,23,25). The molecule has 2 aromatic rings. The molecule has 1 fully saturated rings. The molecule has 0 aromatic heterocycles. The van der Waals surface area contributed by atoms with Gasteiger partial charge in [-0.1, -0.05) is 42.5 Å². The highest BCUT2D eigenvalue weighted by Gasteiger charge is 2.27. The minimum Gasteiger partial charge on any atom is -0.349 e. The molecule has 0 bridgehead atoms. The Kier molecular flexibility index (Phi) is 5.24. The normalized spacial score (nSPS) is 16.6. The molecule has 3 rings (SSSR count). The fourth-order valence-electron chi connectivity index (χ4n) is 3.43. The molecule has 0 saturated carbocycles. The van der Waals surface area contributed by atoms with Crippen LogP contribution in [0.5, 0.6) is 0 Å². The highest BCUT2D eigenvalue weighted by Crippen LogP contribution is 2.22. The van der Waals surface area contributed by atoms with Crippen molar-refractivity contribution in [3.8, 4) is 11.1 Å². The second kappa shape index (κ2) is 7.40. The second-order valence-corrected chi connectivity index (χ2v) is 7.85. The number of piperidine rings is 1. The third kappa shape index (κ3) is 4.49. The summed E-state index contributed by atoms with van der Waals surface area (Å²) in [5.74, 6) is 0.0342. The average Bonchev–Trinajstić information content (AvgIpc) is 2.62. The largest absolute Gasteiger partial charge is 0.349 e. The number of amides is 1. The highest BCUT2D eigenvalue weighted by atomic mass is 16.1. The Labute approximate surface area is 151 Å². The Morgan fingerprint density at radius 2 is 1.60 bits per heavy atom. The van der Waals surface area contributed by atoms with Crippen molar-refractivity contribution < 1.29 is 4.79 Å². The molecule has 3 nitrogen and oxygen atoms in total. The van der Waals surface area contributed by atoms with Gasteiger partial charge in [-0.25, -0.2) is 0 Å². The van der Waals surface area contributed by atoms with Crippen molar-refractivity contribution in [3.05, 3.63) is 60.2 Å². The molecule has 1 saturated heterocycles. The predicted molar refractivity (Wildman–Crippen MR) is 104 cm³/mol. The zero-order chi connectivity index (χ0) is 17.9. The lowest BCUT2D eigenvalue weighted by Crippen LogP contribution is -2.50. The van der Waals surface area contributed by atoms with E-state index in [4.69, 9.17) is 0 Å². The third-order valence-corrected chi connectivity index (χ3v) is 5.01. The van der Waals surface area contributed by atoms with Crippen molar-refractivity contribution in [2.75, 3.05) is 13.1 Å². The minimum atomic E-state index is 0.0342. The quantitative estimate of drug-likeness (QED) is 0.904. The van der Waals surface area contributed by atoms with Crippen LogP contribution in [0.2, 0.25) is 0 Å². The third-order valence-electron chi connectivity index (χ3n) is 5.01. The minimum absolute atomic E-state index is 0.0342. The van der Waals surface area contributed by atoms with E-state index in [0.717, 1.165) is 42.6 Å². The molecule has 0 aliphatic carbocycles. The van der Waals surface area contributed by atoms with E-state index in [0.29, 0.717) is 0 Å². The maximum atomic E-state index is 12.7. The van der Waals surface area contributed by atoms with Crippen LogP contribution in [0, 0.1) is 0 Å². The van der Waals surface area contributed by atoms with Crippen molar-refractivity contribution in [1.29, 1.82) is 0 Å². The smallest absolute Gasteiger partial charge is 0.251 e. The summed E-state index contributed by atoms with van der Waals surface area (Å²) >= 11 is 0. The number of carbonyl (C=O) groups is 1. The lowest BCUT2D eigenvalue weighted by atomic mass is 9.97. The number of carbonyl (C=O) groups excluding carboxylic acids is 1. The van der Waals surface area contributed by atoms with Gasteiger partial charge in [0.05, 0.1) is 0 Å². The van der Waals surface area contributed by atoms with E-state index in [2.05, 4.69) is 43.1 Å². The van der Waals surface area contributed by atoms with Crippen molar-refractivity contribution >= 4 is 5.91 Å². The lowest BCUT2D eigenvalue weighted by Gasteiger charge is -2.41. The molecule has 1 aliphatic heterocycles. The van der Waals surface area contributed by atoms with Crippen molar-refractivity contribution in [2.45, 2.75) is 45.2 Å². The fraction of sp³-hybridized carbons (Fsp3) is 0.409. The molecule has 132 valence electrons. The highest BCUT2D eigenvalue weighted by molar-refractivity contribution is 5.95. The number of nitrogens with zero attached hydrogens (tertiary/aromatic N) is 1. The number of rotatable bonds is 3. The van der Waals surface area contributed by atoms with Gasteiger partial charge in [0.2, 0.25) is 0 Å². The Morgan fingerprint density at radius 3 is 2.24 bits per heavy atom. The van der Waals surface area contributed by atoms with Crippen LogP contribution in [0.15, 0.2) is 54.6 Å². The summed E-state index contributed by atoms with van der Waals surface area (Å²) in [6.07, 6.45) is 2.03. The van der Waals surface area contributed by atoms with Gasteiger partial charge in [0.15, 0.2) is 0 Å². The topological polar surface area (TPSA) is 32.3 Å². The van der Waals surface area contributed by atoms with Crippen LogP contribution in [0.25, 0.3) is 11.1 Å². The lowest BCUT2D eigenvalue weighted by molar-refractivity contribution is 0.0812. The molecule has 1 N–H and O–H groups in total. The van der Waals surface area contributed by atoms with Gasteiger partial charge in [-0.15, -0.1) is 0 Å². The molecule has 0 unspecified atom stereocenters. The molecule has 0 radical (unpaired) electrons. The Balaban J connectivity index is 1.63. The van der Waals surface area contributed by atoms with Gasteiger partial charge >= 0.3 is 0 Å². The fourth-order valence-corrected chi connectivity index (χ4v) is 3.43. The van der Waals surface area contributed by atoms with E-state index in [1.54, 1.807) is 0 Å². The SMILES string of the molecule is CC(C)(C)N1CCC(NC(=O)c2cccc(-c3ccccc3)c2)CC1. The molecular weight excluding hydrogens is 308 g/mol. The predicted octanol–water partition coefficient (Wildman–Crippen LogP) is 4.35. The monoisotopic (exact) mass is 336 g/mol. The molecule has 2 aromatic carbocycles. The number of nitrogens with one attached hydrogen (secondary N) is 1. The van der Waals surface area contributed by atoms with Crippen LogP contribution in [0.4, 0.5) is 0 Å². The van der Waals surface area contributed by atoms with Crippen LogP contribution in [0.1, 0.15) is 44.0 Å². The van der Waals surface area contributed by atoms with E-state index < -0.39 is 0 Å². The molecule has 0 spiro atoms. The number of likely N-dealkylation sites (tertiary alicyclic amines) is 1. The maximum Gasteiger partial charge on any atom is 0.251 e. The first-order chi connectivity index (χ1) is 11.9. The van der Waals surface area contributed by atoms with Crippen molar-refractivity contribution in [2.24, 2.45) is 0 Å². The summed E-state index contributed by atoms with van der Waals surface area (Å²) in [4.78, 5) is 15.1. The second-order valence-electron chi connectivity index (χ2n) is 7.85. The summed E-state index contributed by atoms with van der Waals surface area (Å²) < 4.78 is 0. The molecule has 3 heteroatoms. The number of hydrogen-bond acceptors (Lipinski definition) is 2. The Bertz CT molecular complexity index is 710. The summed E-state index contributed by atoms with van der Waals surface area (Å²) in [7, 11) is 0. The zero-order valence-corrected chi connectivity index (χ0v) is 15.5. The summed E-state index contributed by atoms with van der Waals surface area (Å²) in [5.41, 5.74) is 3.16. The van der Waals surface area contributed by atoms with E-state index in [-0.39, 0.29) is 17.5 Å². The van der Waals surface area contributed by atoms with E-state index in [1.807, 2.05) is 42.5 Å². The Morgan fingerprint density at radius 1 is 0.960 bits per heavy atom. The summed E-state index contributed by atoms with van der Waals surface area (Å²) in [6, 6.07) is 18.3. The average molecular weight is 336 g/mol. The van der Waals surface area contributed by atoms with Gasteiger partial charge in [-0.05, 0) is 56.9 Å². The van der Waals surface area contributed by atoms with Gasteiger partial charge < -0.3 is 5.32 Å². The van der Waals surface area contributed by atoms with Crippen LogP contribution >= 0.6 is 0 Å². The van der Waals surface area contributed by atoms with Crippen molar-refractivity contribution in [1.82, 2.24) is 10.2 Å². The van der Waals surface area contributed by atoms with E-state index in [1.165, 1.54) is 0 Å². The maximum absolute atomic E-state index is 12.7.